The van der Waals surface area contributed by atoms with Gasteiger partial charge in [0, 0.05) is 17.5 Å². The molecule has 0 bridgehead atoms. The molecule has 1 aromatic carbocycles. The number of carbonyl (C=O) groups excluding carboxylic acids is 1. The van der Waals surface area contributed by atoms with E-state index in [1.54, 1.807) is 0 Å². The highest BCUT2D eigenvalue weighted by atomic mass is 19.1. The predicted octanol–water partition coefficient (Wildman–Crippen LogP) is 2.17. The lowest BCUT2D eigenvalue weighted by Gasteiger charge is -2.30. The van der Waals surface area contributed by atoms with Crippen LogP contribution in [-0.4, -0.2) is 23.7 Å². The van der Waals surface area contributed by atoms with Crippen LogP contribution in [0.4, 0.5) is 8.78 Å². The Hall–Kier alpha value is -1.49. The van der Waals surface area contributed by atoms with E-state index in [4.69, 9.17) is 0 Å². The fraction of sp³-hybridized carbons (Fsp3) is 0.533. The number of hydrogen-bond donors (Lipinski definition) is 2. The zero-order valence-corrected chi connectivity index (χ0v) is 11.5. The van der Waals surface area contributed by atoms with E-state index in [-0.39, 0.29) is 36.0 Å². The molecule has 1 aromatic rings. The van der Waals surface area contributed by atoms with Crippen LogP contribution < -0.4 is 5.32 Å². The number of aliphatic hydroxyl groups is 1. The summed E-state index contributed by atoms with van der Waals surface area (Å²) in [5, 5.41) is 12.3. The number of hydrogen-bond acceptors (Lipinski definition) is 2. The molecule has 2 N–H and O–H groups in total. The van der Waals surface area contributed by atoms with Gasteiger partial charge in [-0.2, -0.15) is 0 Å². The van der Waals surface area contributed by atoms with Crippen LogP contribution in [0.2, 0.25) is 0 Å². The predicted molar refractivity (Wildman–Crippen MR) is 71.0 cm³/mol. The second-order valence-corrected chi connectivity index (χ2v) is 5.74. The Labute approximate surface area is 117 Å². The molecule has 0 radical (unpaired) electrons. The summed E-state index contributed by atoms with van der Waals surface area (Å²) in [6, 6.07) is 3.10. The van der Waals surface area contributed by atoms with Gasteiger partial charge < -0.3 is 10.4 Å². The van der Waals surface area contributed by atoms with E-state index in [0.29, 0.717) is 0 Å². The van der Waals surface area contributed by atoms with Gasteiger partial charge in [0.1, 0.15) is 11.6 Å². The lowest BCUT2D eigenvalue weighted by atomic mass is 9.85. The topological polar surface area (TPSA) is 49.3 Å². The Balaban J connectivity index is 1.99. The largest absolute Gasteiger partial charge is 0.396 e. The molecule has 2 atom stereocenters. The van der Waals surface area contributed by atoms with Crippen LogP contribution >= 0.6 is 0 Å². The smallest absolute Gasteiger partial charge is 0.224 e. The Kier molecular flexibility index (Phi) is 4.38. The molecular formula is C15H19F2NO2. The molecule has 0 spiro atoms. The van der Waals surface area contributed by atoms with E-state index in [1.165, 1.54) is 6.07 Å². The molecule has 1 aliphatic rings. The Morgan fingerprint density at radius 1 is 1.50 bits per heavy atom. The van der Waals surface area contributed by atoms with Crippen molar-refractivity contribution in [1.82, 2.24) is 5.32 Å². The van der Waals surface area contributed by atoms with Crippen molar-refractivity contribution in [2.45, 2.75) is 38.6 Å². The SMILES string of the molecule is C[C@@]1(CO)CCC[C@@H]1NC(=O)Cc1ccc(F)cc1F. The number of carbonyl (C=O) groups is 1. The van der Waals surface area contributed by atoms with Gasteiger partial charge in [0.25, 0.3) is 0 Å². The van der Waals surface area contributed by atoms with Gasteiger partial charge in [-0.25, -0.2) is 8.78 Å². The van der Waals surface area contributed by atoms with Crippen molar-refractivity contribution in [1.29, 1.82) is 0 Å². The minimum absolute atomic E-state index is 0.0167. The standard InChI is InChI=1S/C15H19F2NO2/c1-15(9-19)6-2-3-13(15)18-14(20)7-10-4-5-11(16)8-12(10)17/h4-5,8,13,19H,2-3,6-7,9H2,1H3,(H,18,20)/t13-,15-/m0/s1. The highest BCUT2D eigenvalue weighted by molar-refractivity contribution is 5.79. The first-order valence-electron chi connectivity index (χ1n) is 6.79. The molecule has 0 aromatic heterocycles. The minimum atomic E-state index is -0.712. The van der Waals surface area contributed by atoms with E-state index in [9.17, 15) is 18.7 Å². The summed E-state index contributed by atoms with van der Waals surface area (Å²) in [7, 11) is 0. The summed E-state index contributed by atoms with van der Waals surface area (Å²) in [4.78, 5) is 12.0. The van der Waals surface area contributed by atoms with Crippen molar-refractivity contribution >= 4 is 5.91 Å². The lowest BCUT2D eigenvalue weighted by Crippen LogP contribution is -2.45. The molecule has 20 heavy (non-hydrogen) atoms. The summed E-state index contributed by atoms with van der Waals surface area (Å²) in [6.07, 6.45) is 2.51. The Bertz CT molecular complexity index is 507. The first-order chi connectivity index (χ1) is 9.44. The number of halogens is 2. The summed E-state index contributed by atoms with van der Waals surface area (Å²) in [6.45, 7) is 1.95. The summed E-state index contributed by atoms with van der Waals surface area (Å²) in [5.41, 5.74) is -0.135. The van der Waals surface area contributed by atoms with Gasteiger partial charge >= 0.3 is 0 Å². The average molecular weight is 283 g/mol. The molecule has 0 unspecified atom stereocenters. The van der Waals surface area contributed by atoms with Crippen molar-refractivity contribution in [2.75, 3.05) is 6.61 Å². The van der Waals surface area contributed by atoms with Crippen LogP contribution in [0, 0.1) is 17.0 Å². The first kappa shape index (κ1) is 14.9. The maximum absolute atomic E-state index is 13.5. The number of benzene rings is 1. The van der Waals surface area contributed by atoms with E-state index in [1.807, 2.05) is 6.92 Å². The summed E-state index contributed by atoms with van der Waals surface area (Å²) < 4.78 is 26.3. The number of amides is 1. The summed E-state index contributed by atoms with van der Waals surface area (Å²) in [5.74, 6) is -1.67. The van der Waals surface area contributed by atoms with Gasteiger partial charge in [0.15, 0.2) is 0 Å². The van der Waals surface area contributed by atoms with Crippen LogP contribution in [0.15, 0.2) is 18.2 Å². The van der Waals surface area contributed by atoms with Crippen molar-refractivity contribution in [3.8, 4) is 0 Å². The van der Waals surface area contributed by atoms with Crippen molar-refractivity contribution in [3.05, 3.63) is 35.4 Å². The van der Waals surface area contributed by atoms with Crippen molar-refractivity contribution in [3.63, 3.8) is 0 Å². The van der Waals surface area contributed by atoms with Crippen LogP contribution in [-0.2, 0) is 11.2 Å². The zero-order chi connectivity index (χ0) is 14.8. The molecule has 2 rings (SSSR count). The molecule has 0 heterocycles. The highest BCUT2D eigenvalue weighted by Crippen LogP contribution is 2.37. The van der Waals surface area contributed by atoms with Crippen LogP contribution in [0.3, 0.4) is 0 Å². The number of rotatable bonds is 4. The molecule has 1 aliphatic carbocycles. The normalized spacial score (nSPS) is 25.7. The van der Waals surface area contributed by atoms with Crippen molar-refractivity contribution < 1.29 is 18.7 Å². The minimum Gasteiger partial charge on any atom is -0.396 e. The average Bonchev–Trinajstić information content (AvgIpc) is 2.75. The monoisotopic (exact) mass is 283 g/mol. The van der Waals surface area contributed by atoms with Gasteiger partial charge in [-0.05, 0) is 24.5 Å². The third-order valence-electron chi connectivity index (χ3n) is 4.14. The number of aliphatic hydroxyl groups excluding tert-OH is 1. The maximum atomic E-state index is 13.5. The third-order valence-corrected chi connectivity index (χ3v) is 4.14. The van der Waals surface area contributed by atoms with Gasteiger partial charge in [-0.15, -0.1) is 0 Å². The fourth-order valence-electron chi connectivity index (χ4n) is 2.75. The molecule has 5 heteroatoms. The van der Waals surface area contributed by atoms with Crippen LogP contribution in [0.1, 0.15) is 31.7 Å². The molecule has 0 saturated heterocycles. The molecule has 1 fully saturated rings. The third kappa shape index (κ3) is 3.15. The first-order valence-corrected chi connectivity index (χ1v) is 6.79. The molecule has 1 saturated carbocycles. The van der Waals surface area contributed by atoms with E-state index < -0.39 is 11.6 Å². The molecular weight excluding hydrogens is 264 g/mol. The molecule has 0 aliphatic heterocycles. The fourth-order valence-corrected chi connectivity index (χ4v) is 2.75. The van der Waals surface area contributed by atoms with E-state index in [0.717, 1.165) is 31.4 Å². The van der Waals surface area contributed by atoms with E-state index >= 15 is 0 Å². The van der Waals surface area contributed by atoms with Crippen LogP contribution in [0.25, 0.3) is 0 Å². The van der Waals surface area contributed by atoms with Gasteiger partial charge in [0.05, 0.1) is 13.0 Å². The zero-order valence-electron chi connectivity index (χ0n) is 11.5. The van der Waals surface area contributed by atoms with Crippen LogP contribution in [0.5, 0.6) is 0 Å². The molecule has 1 amide bonds. The second-order valence-electron chi connectivity index (χ2n) is 5.74. The second kappa shape index (κ2) is 5.87. The van der Waals surface area contributed by atoms with Gasteiger partial charge in [-0.1, -0.05) is 19.4 Å². The summed E-state index contributed by atoms with van der Waals surface area (Å²) >= 11 is 0. The quantitative estimate of drug-likeness (QED) is 0.889. The lowest BCUT2D eigenvalue weighted by molar-refractivity contribution is -0.122. The van der Waals surface area contributed by atoms with Crippen molar-refractivity contribution in [2.24, 2.45) is 5.41 Å². The molecule has 3 nitrogen and oxygen atoms in total. The Morgan fingerprint density at radius 3 is 2.90 bits per heavy atom. The highest BCUT2D eigenvalue weighted by Gasteiger charge is 2.39. The van der Waals surface area contributed by atoms with E-state index in [2.05, 4.69) is 5.32 Å². The molecule has 110 valence electrons. The van der Waals surface area contributed by atoms with Gasteiger partial charge in [-0.3, -0.25) is 4.79 Å². The van der Waals surface area contributed by atoms with Gasteiger partial charge in [0.2, 0.25) is 5.91 Å². The maximum Gasteiger partial charge on any atom is 0.224 e. The Morgan fingerprint density at radius 2 is 2.25 bits per heavy atom. The number of nitrogens with one attached hydrogen (secondary N) is 1.